The molecule has 144 valence electrons. The molecule has 0 aliphatic carbocycles. The molecule has 1 saturated heterocycles. The van der Waals surface area contributed by atoms with E-state index in [1.807, 2.05) is 0 Å². The zero-order chi connectivity index (χ0) is 20.4. The van der Waals surface area contributed by atoms with Crippen LogP contribution in [0.4, 0.5) is 0 Å². The third kappa shape index (κ3) is 2.09. The van der Waals surface area contributed by atoms with E-state index in [1.54, 1.807) is 18.2 Å². The van der Waals surface area contributed by atoms with Crippen molar-refractivity contribution in [2.75, 3.05) is 6.54 Å². The predicted molar refractivity (Wildman–Crippen MR) is 97.5 cm³/mol. The maximum atomic E-state index is 13.1. The summed E-state index contributed by atoms with van der Waals surface area (Å²) in [7, 11) is 0. The number of pyridine rings is 1. The minimum absolute atomic E-state index is 0.0990. The Kier molecular flexibility index (Phi) is 3.33. The fourth-order valence-corrected chi connectivity index (χ4v) is 4.45. The minimum atomic E-state index is -1.57. The Hall–Kier alpha value is -4.13. The predicted octanol–water partition coefficient (Wildman–Crippen LogP) is 0.677. The Bertz CT molecular complexity index is 1330. The van der Waals surface area contributed by atoms with E-state index in [4.69, 9.17) is 5.11 Å². The molecule has 5 rings (SSSR count). The molecule has 10 nitrogen and oxygen atoms in total. The molecule has 2 aliphatic heterocycles. The number of likely N-dealkylation sites (tertiary alicyclic amines) is 1. The van der Waals surface area contributed by atoms with E-state index in [0.717, 1.165) is 4.57 Å². The van der Waals surface area contributed by atoms with Crippen molar-refractivity contribution in [3.05, 3.63) is 52.2 Å². The number of hydrogen-bond donors (Lipinski definition) is 2. The molecule has 2 atom stereocenters. The number of aromatic nitrogens is 3. The van der Waals surface area contributed by atoms with E-state index in [2.05, 4.69) is 11.1 Å². The first kappa shape index (κ1) is 17.0. The fourth-order valence-electron chi connectivity index (χ4n) is 4.45. The largest absolute Gasteiger partial charge is 0.493 e. The number of amides is 1. The van der Waals surface area contributed by atoms with Crippen molar-refractivity contribution in [2.45, 2.75) is 18.5 Å². The molecule has 10 heteroatoms. The minimum Gasteiger partial charge on any atom is -0.493 e. The van der Waals surface area contributed by atoms with E-state index < -0.39 is 29.6 Å². The van der Waals surface area contributed by atoms with Gasteiger partial charge in [0.15, 0.2) is 0 Å². The molecule has 0 saturated carbocycles. The Morgan fingerprint density at radius 2 is 2.07 bits per heavy atom. The topological polar surface area (TPSA) is 141 Å². The van der Waals surface area contributed by atoms with Crippen LogP contribution in [0.3, 0.4) is 0 Å². The van der Waals surface area contributed by atoms with Gasteiger partial charge in [-0.2, -0.15) is 5.26 Å². The molecular weight excluding hydrogens is 378 g/mol. The third-order valence-electron chi connectivity index (χ3n) is 5.61. The van der Waals surface area contributed by atoms with E-state index >= 15 is 0 Å². The third-order valence-corrected chi connectivity index (χ3v) is 5.61. The van der Waals surface area contributed by atoms with Crippen molar-refractivity contribution < 1.29 is 19.8 Å². The number of carboxylic acid groups (broad SMARTS) is 1. The molecule has 0 unspecified atom stereocenters. The molecule has 4 heterocycles. The van der Waals surface area contributed by atoms with Crippen molar-refractivity contribution in [3.8, 4) is 17.6 Å². The average Bonchev–Trinajstić information content (AvgIpc) is 3.38. The first-order valence-corrected chi connectivity index (χ1v) is 8.82. The normalized spacial score (nSPS) is 19.3. The summed E-state index contributed by atoms with van der Waals surface area (Å²) >= 11 is 0. The van der Waals surface area contributed by atoms with Gasteiger partial charge in [0.1, 0.15) is 11.8 Å². The van der Waals surface area contributed by atoms with Crippen molar-refractivity contribution in [1.29, 1.82) is 5.26 Å². The van der Waals surface area contributed by atoms with Crippen LogP contribution in [0.1, 0.15) is 29.8 Å². The Morgan fingerprint density at radius 1 is 1.28 bits per heavy atom. The summed E-state index contributed by atoms with van der Waals surface area (Å²) in [5, 5.41) is 29.8. The summed E-state index contributed by atoms with van der Waals surface area (Å²) in [5.41, 5.74) is 0.828. The number of carboxylic acids is 1. The number of nitriles is 1. The van der Waals surface area contributed by atoms with Gasteiger partial charge in [0.25, 0.3) is 0 Å². The molecule has 29 heavy (non-hydrogen) atoms. The number of imidazole rings is 1. The van der Waals surface area contributed by atoms with Crippen LogP contribution in [0, 0.1) is 11.3 Å². The van der Waals surface area contributed by atoms with Crippen molar-refractivity contribution >= 4 is 22.8 Å². The Morgan fingerprint density at radius 3 is 2.79 bits per heavy atom. The van der Waals surface area contributed by atoms with Gasteiger partial charge in [-0.1, -0.05) is 0 Å². The average molecular weight is 391 g/mol. The first-order chi connectivity index (χ1) is 13.9. The van der Waals surface area contributed by atoms with Crippen LogP contribution < -0.4 is 5.69 Å². The van der Waals surface area contributed by atoms with Gasteiger partial charge in [0.2, 0.25) is 5.88 Å². The molecule has 2 aliphatic rings. The summed E-state index contributed by atoms with van der Waals surface area (Å²) in [6.07, 6.45) is 1.92. The summed E-state index contributed by atoms with van der Waals surface area (Å²) in [5.74, 6) is -2.98. The van der Waals surface area contributed by atoms with Gasteiger partial charge < -0.3 is 15.1 Å². The number of aliphatic carboxylic acids is 1. The molecule has 3 aromatic rings. The number of carbonyl (C=O) groups is 2. The summed E-state index contributed by atoms with van der Waals surface area (Å²) in [6, 6.07) is 7.41. The lowest BCUT2D eigenvalue weighted by molar-refractivity contribution is -0.156. The SMILES string of the molecule is N#Cc1ccc(-n2c(O)c3n(c2=O)[C@H]2C[C@@H]3N(C(=O)C(=O)O)C2)c2cccnc12. The number of rotatable bonds is 1. The van der Waals surface area contributed by atoms with Crippen LogP contribution in [-0.2, 0) is 9.59 Å². The summed E-state index contributed by atoms with van der Waals surface area (Å²) < 4.78 is 2.54. The van der Waals surface area contributed by atoms with Crippen LogP contribution >= 0.6 is 0 Å². The van der Waals surface area contributed by atoms with Crippen LogP contribution in [0.15, 0.2) is 35.3 Å². The standard InChI is InChI=1S/C19H13N5O5/c20-7-9-3-4-12(11-2-1-5-21-14(9)11)24-16(25)15-13-6-10(23(15)19(24)29)8-22(13)17(26)18(27)28/h1-5,10,13,25H,6,8H2,(H,27,28)/t10-,13-/m0/s1. The van der Waals surface area contributed by atoms with Gasteiger partial charge >= 0.3 is 17.6 Å². The van der Waals surface area contributed by atoms with Crippen LogP contribution in [0.25, 0.3) is 16.6 Å². The van der Waals surface area contributed by atoms with E-state index in [1.165, 1.54) is 21.7 Å². The first-order valence-electron chi connectivity index (χ1n) is 8.82. The van der Waals surface area contributed by atoms with Crippen LogP contribution in [0.2, 0.25) is 0 Å². The van der Waals surface area contributed by atoms with Gasteiger partial charge in [0.05, 0.1) is 28.9 Å². The van der Waals surface area contributed by atoms with Crippen LogP contribution in [-0.4, -0.2) is 47.7 Å². The lowest BCUT2D eigenvalue weighted by atomic mass is 10.1. The highest BCUT2D eigenvalue weighted by Crippen LogP contribution is 2.48. The molecule has 2 bridgehead atoms. The fraction of sp³-hybridized carbons (Fsp3) is 0.211. The number of aromatic hydroxyl groups is 1. The smallest absolute Gasteiger partial charge is 0.394 e. The van der Waals surface area contributed by atoms with Crippen molar-refractivity contribution in [1.82, 2.24) is 19.0 Å². The quantitative estimate of drug-likeness (QED) is 0.581. The molecular formula is C19H13N5O5. The molecule has 1 fully saturated rings. The van der Waals surface area contributed by atoms with E-state index in [9.17, 15) is 24.8 Å². The van der Waals surface area contributed by atoms with Gasteiger partial charge in [-0.05, 0) is 30.7 Å². The van der Waals surface area contributed by atoms with Gasteiger partial charge in [0, 0.05) is 18.1 Å². The molecule has 0 radical (unpaired) electrons. The van der Waals surface area contributed by atoms with Gasteiger partial charge in [-0.15, -0.1) is 0 Å². The highest BCUT2D eigenvalue weighted by molar-refractivity contribution is 6.31. The van der Waals surface area contributed by atoms with Crippen LogP contribution in [0.5, 0.6) is 5.88 Å². The molecule has 0 spiro atoms. The number of hydrogen-bond acceptors (Lipinski definition) is 6. The highest BCUT2D eigenvalue weighted by atomic mass is 16.4. The zero-order valence-electron chi connectivity index (χ0n) is 14.8. The Balaban J connectivity index is 1.73. The molecule has 2 aromatic heterocycles. The Labute approximate surface area is 162 Å². The lowest BCUT2D eigenvalue weighted by Gasteiger charge is -2.25. The number of carbonyl (C=O) groups excluding carboxylic acids is 1. The van der Waals surface area contributed by atoms with Crippen molar-refractivity contribution in [3.63, 3.8) is 0 Å². The molecule has 1 aromatic carbocycles. The lowest BCUT2D eigenvalue weighted by Crippen LogP contribution is -2.41. The maximum absolute atomic E-state index is 13.1. The second-order valence-electron chi connectivity index (χ2n) is 7.01. The van der Waals surface area contributed by atoms with Crippen molar-refractivity contribution in [2.24, 2.45) is 0 Å². The van der Waals surface area contributed by atoms with Gasteiger partial charge in [-0.25, -0.2) is 14.2 Å². The summed E-state index contributed by atoms with van der Waals surface area (Å²) in [6.45, 7) is 0.0990. The molecule has 2 N–H and O–H groups in total. The zero-order valence-corrected chi connectivity index (χ0v) is 14.8. The molecule has 1 amide bonds. The van der Waals surface area contributed by atoms with Gasteiger partial charge in [-0.3, -0.25) is 14.3 Å². The van der Waals surface area contributed by atoms with E-state index in [0.29, 0.717) is 28.6 Å². The highest BCUT2D eigenvalue weighted by Gasteiger charge is 2.50. The second-order valence-corrected chi connectivity index (χ2v) is 7.01. The number of nitrogens with zero attached hydrogens (tertiary/aromatic N) is 5. The number of benzene rings is 1. The van der Waals surface area contributed by atoms with E-state index in [-0.39, 0.29) is 18.1 Å². The summed E-state index contributed by atoms with van der Waals surface area (Å²) in [4.78, 5) is 41.6. The number of fused-ring (bicyclic) bond motifs is 6. The monoisotopic (exact) mass is 391 g/mol. The maximum Gasteiger partial charge on any atom is 0.394 e. The second kappa shape index (κ2) is 5.68.